The van der Waals surface area contributed by atoms with Crippen molar-refractivity contribution in [1.29, 1.82) is 0 Å². The van der Waals surface area contributed by atoms with Gasteiger partial charge in [-0.05, 0) is 39.3 Å². The number of ether oxygens (including phenoxy) is 1. The van der Waals surface area contributed by atoms with E-state index in [0.717, 1.165) is 45.4 Å². The van der Waals surface area contributed by atoms with E-state index in [-0.39, 0.29) is 17.9 Å². The summed E-state index contributed by atoms with van der Waals surface area (Å²) in [7, 11) is 2.08. The molecular weight excluding hydrogens is 204 g/mol. The molecule has 2 atom stereocenters. The highest BCUT2D eigenvalue weighted by atomic mass is 16.5. The Morgan fingerprint density at radius 3 is 3.00 bits per heavy atom. The van der Waals surface area contributed by atoms with Gasteiger partial charge in [0.05, 0.1) is 12.0 Å². The van der Waals surface area contributed by atoms with Crippen molar-refractivity contribution in [1.82, 2.24) is 10.2 Å². The van der Waals surface area contributed by atoms with Gasteiger partial charge in [-0.2, -0.15) is 0 Å². The van der Waals surface area contributed by atoms with Crippen LogP contribution in [0.3, 0.4) is 0 Å². The van der Waals surface area contributed by atoms with Crippen molar-refractivity contribution >= 4 is 5.91 Å². The van der Waals surface area contributed by atoms with E-state index >= 15 is 0 Å². The quantitative estimate of drug-likeness (QED) is 0.767. The van der Waals surface area contributed by atoms with Gasteiger partial charge in [-0.1, -0.05) is 0 Å². The summed E-state index contributed by atoms with van der Waals surface area (Å²) >= 11 is 0. The van der Waals surface area contributed by atoms with Gasteiger partial charge in [0.15, 0.2) is 0 Å². The van der Waals surface area contributed by atoms with E-state index in [9.17, 15) is 4.79 Å². The Balaban J connectivity index is 1.70. The topological polar surface area (TPSA) is 41.6 Å². The Hall–Kier alpha value is -0.610. The summed E-state index contributed by atoms with van der Waals surface area (Å²) < 4.78 is 5.49. The van der Waals surface area contributed by atoms with Crippen LogP contribution in [0.5, 0.6) is 0 Å². The van der Waals surface area contributed by atoms with Crippen molar-refractivity contribution in [3.63, 3.8) is 0 Å². The Kier molecular flexibility index (Phi) is 4.18. The molecule has 2 aliphatic rings. The number of likely N-dealkylation sites (tertiary alicyclic amines) is 1. The van der Waals surface area contributed by atoms with Gasteiger partial charge in [0.2, 0.25) is 5.91 Å². The van der Waals surface area contributed by atoms with E-state index < -0.39 is 0 Å². The molecule has 0 bridgehead atoms. The molecule has 1 N–H and O–H groups in total. The first-order chi connectivity index (χ1) is 7.75. The Bertz CT molecular complexity index is 239. The predicted octanol–water partition coefficient (Wildman–Crippen LogP) is 0.623. The molecule has 1 amide bonds. The maximum absolute atomic E-state index is 11.9. The number of amides is 1. The molecule has 0 aliphatic carbocycles. The van der Waals surface area contributed by atoms with E-state index in [1.165, 1.54) is 0 Å². The van der Waals surface area contributed by atoms with Gasteiger partial charge in [0.25, 0.3) is 0 Å². The lowest BCUT2D eigenvalue weighted by molar-refractivity contribution is -0.127. The van der Waals surface area contributed by atoms with Gasteiger partial charge in [0, 0.05) is 19.7 Å². The SMILES string of the molecule is CN1CCC[C@H](C(=O)NC[C@H]2CCCO2)C1. The first kappa shape index (κ1) is 11.9. The van der Waals surface area contributed by atoms with Crippen LogP contribution < -0.4 is 5.32 Å². The summed E-state index contributed by atoms with van der Waals surface area (Å²) in [5.74, 6) is 0.391. The van der Waals surface area contributed by atoms with E-state index in [1.54, 1.807) is 0 Å². The van der Waals surface area contributed by atoms with Crippen molar-refractivity contribution in [3.8, 4) is 0 Å². The zero-order valence-corrected chi connectivity index (χ0v) is 10.1. The molecule has 0 aromatic carbocycles. The zero-order valence-electron chi connectivity index (χ0n) is 10.1. The monoisotopic (exact) mass is 226 g/mol. The smallest absolute Gasteiger partial charge is 0.224 e. The molecular formula is C12H22N2O2. The lowest BCUT2D eigenvalue weighted by Gasteiger charge is -2.29. The Morgan fingerprint density at radius 2 is 2.31 bits per heavy atom. The third kappa shape index (κ3) is 3.19. The molecule has 2 fully saturated rings. The van der Waals surface area contributed by atoms with Gasteiger partial charge in [0.1, 0.15) is 0 Å². The van der Waals surface area contributed by atoms with Crippen LogP contribution in [-0.2, 0) is 9.53 Å². The summed E-state index contributed by atoms with van der Waals surface area (Å²) in [6.07, 6.45) is 4.64. The van der Waals surface area contributed by atoms with Crippen LogP contribution in [0.25, 0.3) is 0 Å². The predicted molar refractivity (Wildman–Crippen MR) is 62.2 cm³/mol. The molecule has 0 unspecified atom stereocenters. The number of hydrogen-bond acceptors (Lipinski definition) is 3. The largest absolute Gasteiger partial charge is 0.376 e. The fraction of sp³-hybridized carbons (Fsp3) is 0.917. The normalized spacial score (nSPS) is 31.6. The van der Waals surface area contributed by atoms with Gasteiger partial charge in [-0.25, -0.2) is 0 Å². The highest BCUT2D eigenvalue weighted by Crippen LogP contribution is 2.15. The second-order valence-corrected chi connectivity index (χ2v) is 4.98. The van der Waals surface area contributed by atoms with E-state index in [2.05, 4.69) is 17.3 Å². The van der Waals surface area contributed by atoms with Gasteiger partial charge < -0.3 is 15.0 Å². The number of hydrogen-bond donors (Lipinski definition) is 1. The Morgan fingerprint density at radius 1 is 1.44 bits per heavy atom. The van der Waals surface area contributed by atoms with Crippen LogP contribution in [0.2, 0.25) is 0 Å². The fourth-order valence-electron chi connectivity index (χ4n) is 2.54. The van der Waals surface area contributed by atoms with E-state index in [1.807, 2.05) is 0 Å². The van der Waals surface area contributed by atoms with E-state index in [4.69, 9.17) is 4.74 Å². The number of carbonyl (C=O) groups is 1. The molecule has 2 rings (SSSR count). The van der Waals surface area contributed by atoms with Crippen molar-refractivity contribution in [2.45, 2.75) is 31.8 Å². The minimum absolute atomic E-state index is 0.181. The zero-order chi connectivity index (χ0) is 11.4. The average molecular weight is 226 g/mol. The van der Waals surface area contributed by atoms with Crippen LogP contribution >= 0.6 is 0 Å². The summed E-state index contributed by atoms with van der Waals surface area (Å²) in [4.78, 5) is 14.1. The van der Waals surface area contributed by atoms with Crippen LogP contribution in [0.1, 0.15) is 25.7 Å². The molecule has 16 heavy (non-hydrogen) atoms. The summed E-state index contributed by atoms with van der Waals surface area (Å²) in [5, 5.41) is 3.02. The molecule has 0 radical (unpaired) electrons. The maximum atomic E-state index is 11.9. The molecule has 4 nitrogen and oxygen atoms in total. The molecule has 0 spiro atoms. The number of nitrogens with one attached hydrogen (secondary N) is 1. The van der Waals surface area contributed by atoms with Crippen molar-refractivity contribution < 1.29 is 9.53 Å². The molecule has 0 aromatic heterocycles. The molecule has 0 aromatic rings. The average Bonchev–Trinajstić information content (AvgIpc) is 2.78. The van der Waals surface area contributed by atoms with Crippen LogP contribution in [0, 0.1) is 5.92 Å². The van der Waals surface area contributed by atoms with E-state index in [0.29, 0.717) is 6.54 Å². The fourth-order valence-corrected chi connectivity index (χ4v) is 2.54. The second-order valence-electron chi connectivity index (χ2n) is 4.98. The molecule has 2 aliphatic heterocycles. The molecule has 4 heteroatoms. The highest BCUT2D eigenvalue weighted by Gasteiger charge is 2.24. The van der Waals surface area contributed by atoms with Crippen LogP contribution in [-0.4, -0.2) is 50.2 Å². The number of piperidine rings is 1. The standard InChI is InChI=1S/C12H22N2O2/c1-14-6-2-4-10(9-14)12(15)13-8-11-5-3-7-16-11/h10-11H,2-9H2,1H3,(H,13,15)/t10-,11+/m0/s1. The minimum atomic E-state index is 0.181. The van der Waals surface area contributed by atoms with Gasteiger partial charge >= 0.3 is 0 Å². The van der Waals surface area contributed by atoms with Crippen molar-refractivity contribution in [3.05, 3.63) is 0 Å². The molecule has 92 valence electrons. The summed E-state index contributed by atoms with van der Waals surface area (Å²) in [5.41, 5.74) is 0. The lowest BCUT2D eigenvalue weighted by atomic mass is 9.97. The first-order valence-corrected chi connectivity index (χ1v) is 6.33. The summed E-state index contributed by atoms with van der Waals surface area (Å²) in [6, 6.07) is 0. The van der Waals surface area contributed by atoms with Gasteiger partial charge in [-0.3, -0.25) is 4.79 Å². The Labute approximate surface area is 97.3 Å². The second kappa shape index (κ2) is 5.64. The minimum Gasteiger partial charge on any atom is -0.376 e. The number of carbonyl (C=O) groups excluding carboxylic acids is 1. The van der Waals surface area contributed by atoms with Crippen molar-refractivity contribution in [2.75, 3.05) is 33.3 Å². The lowest BCUT2D eigenvalue weighted by Crippen LogP contribution is -2.43. The maximum Gasteiger partial charge on any atom is 0.224 e. The number of nitrogens with zero attached hydrogens (tertiary/aromatic N) is 1. The summed E-state index contributed by atoms with van der Waals surface area (Å²) in [6.45, 7) is 3.57. The third-order valence-corrected chi connectivity index (χ3v) is 3.52. The molecule has 2 heterocycles. The van der Waals surface area contributed by atoms with Crippen LogP contribution in [0.15, 0.2) is 0 Å². The van der Waals surface area contributed by atoms with Gasteiger partial charge in [-0.15, -0.1) is 0 Å². The third-order valence-electron chi connectivity index (χ3n) is 3.52. The molecule has 2 saturated heterocycles. The first-order valence-electron chi connectivity index (χ1n) is 6.33. The van der Waals surface area contributed by atoms with Crippen molar-refractivity contribution in [2.24, 2.45) is 5.92 Å². The number of rotatable bonds is 3. The molecule has 0 saturated carbocycles. The van der Waals surface area contributed by atoms with Crippen LogP contribution in [0.4, 0.5) is 0 Å². The highest BCUT2D eigenvalue weighted by molar-refractivity contribution is 5.78.